The van der Waals surface area contributed by atoms with Crippen LogP contribution in [0.3, 0.4) is 0 Å². The molecule has 2 nitrogen and oxygen atoms in total. The average molecular weight is 127 g/mol. The molecule has 2 aliphatic rings. The molecule has 0 radical (unpaired) electrons. The molecule has 52 valence electrons. The third-order valence-electron chi connectivity index (χ3n) is 2.73. The second-order valence-corrected chi connectivity index (χ2v) is 3.33. The lowest BCUT2D eigenvalue weighted by molar-refractivity contribution is -0.0876. The summed E-state index contributed by atoms with van der Waals surface area (Å²) in [5.74, 6) is 0.624. The van der Waals surface area contributed by atoms with Crippen LogP contribution in [0.15, 0.2) is 0 Å². The van der Waals surface area contributed by atoms with Gasteiger partial charge in [0.15, 0.2) is 0 Å². The number of hydrogen-bond donors (Lipinski definition) is 2. The van der Waals surface area contributed by atoms with Gasteiger partial charge < -0.3 is 10.4 Å². The lowest BCUT2D eigenvalue weighted by Crippen LogP contribution is -2.64. The zero-order valence-corrected chi connectivity index (χ0v) is 5.56. The monoisotopic (exact) mass is 127 g/mol. The zero-order chi connectivity index (χ0) is 6.32. The fourth-order valence-electron chi connectivity index (χ4n) is 1.62. The normalized spacial score (nSPS) is 33.0. The van der Waals surface area contributed by atoms with E-state index in [0.29, 0.717) is 5.92 Å². The van der Waals surface area contributed by atoms with Crippen LogP contribution in [0.2, 0.25) is 0 Å². The van der Waals surface area contributed by atoms with Gasteiger partial charge in [0, 0.05) is 13.1 Å². The van der Waals surface area contributed by atoms with Gasteiger partial charge in [-0.2, -0.15) is 0 Å². The van der Waals surface area contributed by atoms with Crippen molar-refractivity contribution in [3.05, 3.63) is 0 Å². The molecule has 1 aliphatic carbocycles. The van der Waals surface area contributed by atoms with Gasteiger partial charge in [0.1, 0.15) is 0 Å². The highest BCUT2D eigenvalue weighted by Gasteiger charge is 2.44. The summed E-state index contributed by atoms with van der Waals surface area (Å²) in [5.41, 5.74) is -0.293. The third kappa shape index (κ3) is 0.700. The van der Waals surface area contributed by atoms with Crippen molar-refractivity contribution in [3.8, 4) is 0 Å². The number of rotatable bonds is 1. The van der Waals surface area contributed by atoms with Crippen LogP contribution in [0, 0.1) is 5.92 Å². The van der Waals surface area contributed by atoms with Gasteiger partial charge in [0.2, 0.25) is 0 Å². The fourth-order valence-corrected chi connectivity index (χ4v) is 1.62. The Hall–Kier alpha value is -0.0800. The lowest BCUT2D eigenvalue weighted by atomic mass is 9.70. The minimum Gasteiger partial charge on any atom is -0.387 e. The molecule has 0 atom stereocenters. The van der Waals surface area contributed by atoms with E-state index in [0.717, 1.165) is 13.1 Å². The van der Waals surface area contributed by atoms with E-state index in [1.807, 2.05) is 0 Å². The summed E-state index contributed by atoms with van der Waals surface area (Å²) < 4.78 is 0. The van der Waals surface area contributed by atoms with E-state index in [9.17, 15) is 5.11 Å². The maximum atomic E-state index is 9.67. The van der Waals surface area contributed by atoms with E-state index in [-0.39, 0.29) is 5.60 Å². The van der Waals surface area contributed by atoms with Crippen molar-refractivity contribution >= 4 is 0 Å². The largest absolute Gasteiger partial charge is 0.387 e. The van der Waals surface area contributed by atoms with Gasteiger partial charge in [0.05, 0.1) is 5.60 Å². The van der Waals surface area contributed by atoms with Crippen LogP contribution in [0.4, 0.5) is 0 Å². The Morgan fingerprint density at radius 2 is 2.00 bits per heavy atom. The predicted octanol–water partition coefficient (Wildman–Crippen LogP) is 0.121. The number of nitrogens with one attached hydrogen (secondary N) is 1. The molecule has 1 heterocycles. The van der Waals surface area contributed by atoms with Gasteiger partial charge in [-0.1, -0.05) is 6.42 Å². The molecule has 1 saturated heterocycles. The van der Waals surface area contributed by atoms with Crippen LogP contribution >= 0.6 is 0 Å². The van der Waals surface area contributed by atoms with Crippen LogP contribution in [0.5, 0.6) is 0 Å². The second kappa shape index (κ2) is 1.70. The van der Waals surface area contributed by atoms with E-state index in [1.165, 1.54) is 19.3 Å². The first-order valence-corrected chi connectivity index (χ1v) is 3.74. The number of β-amino-alcohol motifs (C(OH)–C–C–N with tert-alkyl or cyclic N) is 1. The molecule has 1 saturated carbocycles. The van der Waals surface area contributed by atoms with Crippen molar-refractivity contribution in [1.82, 2.24) is 5.32 Å². The quantitative estimate of drug-likeness (QED) is 0.524. The topological polar surface area (TPSA) is 32.3 Å². The summed E-state index contributed by atoms with van der Waals surface area (Å²) in [6.07, 6.45) is 3.82. The highest BCUT2D eigenvalue weighted by atomic mass is 16.3. The van der Waals surface area contributed by atoms with E-state index in [2.05, 4.69) is 5.32 Å². The standard InChI is InChI=1S/C7H13NO/c9-7(4-8-5-7)6-2-1-3-6/h6,8-9H,1-5H2. The Balaban J connectivity index is 1.94. The molecule has 0 amide bonds. The molecule has 0 spiro atoms. The van der Waals surface area contributed by atoms with Crippen LogP contribution in [-0.2, 0) is 0 Å². The van der Waals surface area contributed by atoms with E-state index < -0.39 is 0 Å². The Kier molecular flexibility index (Phi) is 1.08. The molecular formula is C7H13NO. The highest BCUT2D eigenvalue weighted by molar-refractivity contribution is 5.00. The summed E-state index contributed by atoms with van der Waals surface area (Å²) in [4.78, 5) is 0. The van der Waals surface area contributed by atoms with Crippen molar-refractivity contribution in [2.45, 2.75) is 24.9 Å². The van der Waals surface area contributed by atoms with Crippen LogP contribution < -0.4 is 5.32 Å². The molecule has 9 heavy (non-hydrogen) atoms. The number of hydrogen-bond acceptors (Lipinski definition) is 2. The van der Waals surface area contributed by atoms with Crippen molar-refractivity contribution in [3.63, 3.8) is 0 Å². The molecule has 0 aromatic carbocycles. The summed E-state index contributed by atoms with van der Waals surface area (Å²) in [6.45, 7) is 1.66. The van der Waals surface area contributed by atoms with Gasteiger partial charge in [-0.25, -0.2) is 0 Å². The van der Waals surface area contributed by atoms with Crippen molar-refractivity contribution in [1.29, 1.82) is 0 Å². The van der Waals surface area contributed by atoms with Crippen molar-refractivity contribution < 1.29 is 5.11 Å². The van der Waals surface area contributed by atoms with Gasteiger partial charge >= 0.3 is 0 Å². The Labute approximate surface area is 55.3 Å². The second-order valence-electron chi connectivity index (χ2n) is 3.33. The smallest absolute Gasteiger partial charge is 0.0923 e. The summed E-state index contributed by atoms with van der Waals surface area (Å²) in [7, 11) is 0. The minimum absolute atomic E-state index is 0.293. The van der Waals surface area contributed by atoms with Gasteiger partial charge in [0.25, 0.3) is 0 Å². The third-order valence-corrected chi connectivity index (χ3v) is 2.73. The average Bonchev–Trinajstić information content (AvgIpc) is 1.56. The van der Waals surface area contributed by atoms with E-state index >= 15 is 0 Å². The SMILES string of the molecule is OC1(C2CCC2)CNC1. The first kappa shape index (κ1) is 5.69. The minimum atomic E-state index is -0.293. The molecule has 2 N–H and O–H groups in total. The summed E-state index contributed by atoms with van der Waals surface area (Å²) in [5, 5.41) is 12.8. The van der Waals surface area contributed by atoms with Crippen LogP contribution in [0.1, 0.15) is 19.3 Å². The molecule has 2 fully saturated rings. The molecule has 0 unspecified atom stereocenters. The number of aliphatic hydroxyl groups is 1. The van der Waals surface area contributed by atoms with Crippen LogP contribution in [-0.4, -0.2) is 23.8 Å². The highest BCUT2D eigenvalue weighted by Crippen LogP contribution is 2.37. The maximum absolute atomic E-state index is 9.67. The molecule has 2 heteroatoms. The Bertz CT molecular complexity index is 116. The predicted molar refractivity (Wildman–Crippen MR) is 35.2 cm³/mol. The molecular weight excluding hydrogens is 114 g/mol. The van der Waals surface area contributed by atoms with E-state index in [1.54, 1.807) is 0 Å². The Morgan fingerprint density at radius 3 is 2.11 bits per heavy atom. The van der Waals surface area contributed by atoms with Crippen molar-refractivity contribution in [2.24, 2.45) is 5.92 Å². The van der Waals surface area contributed by atoms with Crippen LogP contribution in [0.25, 0.3) is 0 Å². The first-order chi connectivity index (χ1) is 4.31. The first-order valence-electron chi connectivity index (χ1n) is 3.74. The van der Waals surface area contributed by atoms with Crippen molar-refractivity contribution in [2.75, 3.05) is 13.1 Å². The molecule has 0 bridgehead atoms. The lowest BCUT2D eigenvalue weighted by Gasteiger charge is -2.47. The maximum Gasteiger partial charge on any atom is 0.0923 e. The van der Waals surface area contributed by atoms with Gasteiger partial charge in [-0.3, -0.25) is 0 Å². The molecule has 1 aliphatic heterocycles. The molecule has 0 aromatic rings. The fraction of sp³-hybridized carbons (Fsp3) is 1.00. The zero-order valence-electron chi connectivity index (χ0n) is 5.56. The molecule has 0 aromatic heterocycles. The van der Waals surface area contributed by atoms with Gasteiger partial charge in [-0.15, -0.1) is 0 Å². The Morgan fingerprint density at radius 1 is 1.33 bits per heavy atom. The molecule has 2 rings (SSSR count). The summed E-state index contributed by atoms with van der Waals surface area (Å²) >= 11 is 0. The van der Waals surface area contributed by atoms with Gasteiger partial charge in [-0.05, 0) is 18.8 Å². The summed E-state index contributed by atoms with van der Waals surface area (Å²) in [6, 6.07) is 0. The van der Waals surface area contributed by atoms with E-state index in [4.69, 9.17) is 0 Å².